The van der Waals surface area contributed by atoms with Gasteiger partial charge in [-0.15, -0.1) is 5.10 Å². The SMILES string of the molecule is CN(C)CCn1cc(C(=O)Nc2cccc3ccccc23)nn1. The van der Waals surface area contributed by atoms with Crippen molar-refractivity contribution in [2.75, 3.05) is 26.0 Å². The summed E-state index contributed by atoms with van der Waals surface area (Å²) in [5.74, 6) is -0.252. The Balaban J connectivity index is 1.76. The van der Waals surface area contributed by atoms with Crippen LogP contribution in [-0.4, -0.2) is 46.4 Å². The van der Waals surface area contributed by atoms with Crippen LogP contribution in [0.25, 0.3) is 10.8 Å². The van der Waals surface area contributed by atoms with Gasteiger partial charge in [0.2, 0.25) is 0 Å². The molecule has 0 spiro atoms. The number of anilines is 1. The van der Waals surface area contributed by atoms with Crippen molar-refractivity contribution in [2.24, 2.45) is 0 Å². The topological polar surface area (TPSA) is 63.1 Å². The van der Waals surface area contributed by atoms with Crippen LogP contribution in [0.15, 0.2) is 48.7 Å². The molecule has 0 aliphatic carbocycles. The highest BCUT2D eigenvalue weighted by Crippen LogP contribution is 2.23. The molecule has 0 radical (unpaired) electrons. The lowest BCUT2D eigenvalue weighted by molar-refractivity contribution is 0.102. The van der Waals surface area contributed by atoms with Gasteiger partial charge in [0.25, 0.3) is 5.91 Å². The summed E-state index contributed by atoms with van der Waals surface area (Å²) in [7, 11) is 3.98. The highest BCUT2D eigenvalue weighted by atomic mass is 16.2. The summed E-state index contributed by atoms with van der Waals surface area (Å²) in [6.45, 7) is 1.54. The Labute approximate surface area is 134 Å². The van der Waals surface area contributed by atoms with E-state index in [1.54, 1.807) is 10.9 Å². The zero-order valence-electron chi connectivity index (χ0n) is 13.2. The molecule has 0 fully saturated rings. The summed E-state index contributed by atoms with van der Waals surface area (Å²) in [5, 5.41) is 12.9. The van der Waals surface area contributed by atoms with Crippen LogP contribution >= 0.6 is 0 Å². The fourth-order valence-corrected chi connectivity index (χ4v) is 2.33. The number of fused-ring (bicyclic) bond motifs is 1. The van der Waals surface area contributed by atoms with Gasteiger partial charge in [0, 0.05) is 17.6 Å². The molecule has 1 heterocycles. The molecule has 3 aromatic rings. The van der Waals surface area contributed by atoms with E-state index in [0.29, 0.717) is 12.2 Å². The Bertz CT molecular complexity index is 819. The fraction of sp³-hybridized carbons (Fsp3) is 0.235. The molecular weight excluding hydrogens is 290 g/mol. The summed E-state index contributed by atoms with van der Waals surface area (Å²) in [6.07, 6.45) is 1.67. The van der Waals surface area contributed by atoms with Gasteiger partial charge in [0.15, 0.2) is 5.69 Å². The number of aromatic nitrogens is 3. The van der Waals surface area contributed by atoms with E-state index in [1.807, 2.05) is 56.6 Å². The van der Waals surface area contributed by atoms with Crippen LogP contribution < -0.4 is 5.32 Å². The summed E-state index contributed by atoms with van der Waals surface area (Å²) < 4.78 is 1.68. The van der Waals surface area contributed by atoms with Crippen molar-refractivity contribution < 1.29 is 4.79 Å². The van der Waals surface area contributed by atoms with Crippen LogP contribution in [0, 0.1) is 0 Å². The molecule has 1 N–H and O–H groups in total. The number of benzene rings is 2. The lowest BCUT2D eigenvalue weighted by Crippen LogP contribution is -2.18. The number of hydrogen-bond donors (Lipinski definition) is 1. The normalized spacial score (nSPS) is 11.1. The van der Waals surface area contributed by atoms with E-state index in [9.17, 15) is 4.79 Å². The van der Waals surface area contributed by atoms with Gasteiger partial charge in [-0.2, -0.15) is 0 Å². The Hall–Kier alpha value is -2.73. The van der Waals surface area contributed by atoms with Crippen LogP contribution in [0.2, 0.25) is 0 Å². The first-order chi connectivity index (χ1) is 11.1. The summed E-state index contributed by atoms with van der Waals surface area (Å²) in [5.41, 5.74) is 1.09. The average Bonchev–Trinajstić information content (AvgIpc) is 3.02. The molecule has 0 saturated carbocycles. The Morgan fingerprint density at radius 3 is 2.78 bits per heavy atom. The van der Waals surface area contributed by atoms with Gasteiger partial charge in [-0.1, -0.05) is 41.6 Å². The molecule has 1 amide bonds. The third kappa shape index (κ3) is 3.54. The number of nitrogens with one attached hydrogen (secondary N) is 1. The molecule has 0 aliphatic heterocycles. The molecule has 6 heteroatoms. The van der Waals surface area contributed by atoms with E-state index in [2.05, 4.69) is 20.5 Å². The van der Waals surface area contributed by atoms with E-state index < -0.39 is 0 Å². The minimum atomic E-state index is -0.252. The van der Waals surface area contributed by atoms with Gasteiger partial charge >= 0.3 is 0 Å². The second-order valence-corrected chi connectivity index (χ2v) is 5.65. The first kappa shape index (κ1) is 15.2. The average molecular weight is 309 g/mol. The summed E-state index contributed by atoms with van der Waals surface area (Å²) in [6, 6.07) is 13.8. The van der Waals surface area contributed by atoms with Crippen molar-refractivity contribution in [3.8, 4) is 0 Å². The van der Waals surface area contributed by atoms with Crippen LogP contribution in [-0.2, 0) is 6.54 Å². The van der Waals surface area contributed by atoms with E-state index >= 15 is 0 Å². The minimum Gasteiger partial charge on any atom is -0.320 e. The lowest BCUT2D eigenvalue weighted by atomic mass is 10.1. The second kappa shape index (κ2) is 6.58. The molecule has 3 rings (SSSR count). The monoisotopic (exact) mass is 309 g/mol. The summed E-state index contributed by atoms with van der Waals surface area (Å²) >= 11 is 0. The quantitative estimate of drug-likeness (QED) is 0.785. The van der Waals surface area contributed by atoms with Gasteiger partial charge in [0.05, 0.1) is 12.7 Å². The molecule has 0 saturated heterocycles. The Morgan fingerprint density at radius 1 is 1.17 bits per heavy atom. The minimum absolute atomic E-state index is 0.252. The molecule has 0 bridgehead atoms. The van der Waals surface area contributed by atoms with Gasteiger partial charge in [-0.25, -0.2) is 0 Å². The van der Waals surface area contributed by atoms with E-state index in [0.717, 1.165) is 23.0 Å². The van der Waals surface area contributed by atoms with Crippen molar-refractivity contribution in [2.45, 2.75) is 6.54 Å². The predicted octanol–water partition coefficient (Wildman–Crippen LogP) is 2.25. The van der Waals surface area contributed by atoms with Crippen molar-refractivity contribution in [3.63, 3.8) is 0 Å². The van der Waals surface area contributed by atoms with Crippen LogP contribution in [0.1, 0.15) is 10.5 Å². The molecule has 118 valence electrons. The first-order valence-corrected chi connectivity index (χ1v) is 7.47. The van der Waals surface area contributed by atoms with E-state index in [-0.39, 0.29) is 5.91 Å². The number of likely N-dealkylation sites (N-methyl/N-ethyl adjacent to an activating group) is 1. The predicted molar refractivity (Wildman–Crippen MR) is 90.5 cm³/mol. The smallest absolute Gasteiger partial charge is 0.277 e. The van der Waals surface area contributed by atoms with Gasteiger partial charge < -0.3 is 10.2 Å². The zero-order valence-corrected chi connectivity index (χ0v) is 13.2. The Morgan fingerprint density at radius 2 is 1.96 bits per heavy atom. The van der Waals surface area contributed by atoms with Gasteiger partial charge in [-0.3, -0.25) is 9.48 Å². The molecular formula is C17H19N5O. The number of rotatable bonds is 5. The van der Waals surface area contributed by atoms with Crippen molar-refractivity contribution in [1.29, 1.82) is 0 Å². The molecule has 0 aliphatic rings. The van der Waals surface area contributed by atoms with Crippen LogP contribution in [0.5, 0.6) is 0 Å². The maximum absolute atomic E-state index is 12.4. The highest BCUT2D eigenvalue weighted by molar-refractivity contribution is 6.08. The fourth-order valence-electron chi connectivity index (χ4n) is 2.33. The third-order valence-electron chi connectivity index (χ3n) is 3.59. The number of amides is 1. The number of carbonyl (C=O) groups is 1. The van der Waals surface area contributed by atoms with Crippen LogP contribution in [0.3, 0.4) is 0 Å². The second-order valence-electron chi connectivity index (χ2n) is 5.65. The molecule has 0 atom stereocenters. The van der Waals surface area contributed by atoms with Crippen LogP contribution in [0.4, 0.5) is 5.69 Å². The van der Waals surface area contributed by atoms with E-state index in [1.165, 1.54) is 0 Å². The maximum atomic E-state index is 12.4. The van der Waals surface area contributed by atoms with Gasteiger partial charge in [-0.05, 0) is 25.5 Å². The third-order valence-corrected chi connectivity index (χ3v) is 3.59. The first-order valence-electron chi connectivity index (χ1n) is 7.47. The maximum Gasteiger partial charge on any atom is 0.277 e. The number of carbonyl (C=O) groups excluding carboxylic acids is 1. The molecule has 1 aromatic heterocycles. The lowest BCUT2D eigenvalue weighted by Gasteiger charge is -2.08. The molecule has 23 heavy (non-hydrogen) atoms. The van der Waals surface area contributed by atoms with Crippen molar-refractivity contribution in [3.05, 3.63) is 54.4 Å². The molecule has 0 unspecified atom stereocenters. The Kier molecular flexibility index (Phi) is 4.34. The van der Waals surface area contributed by atoms with Crippen molar-refractivity contribution >= 4 is 22.4 Å². The number of nitrogens with zero attached hydrogens (tertiary/aromatic N) is 4. The van der Waals surface area contributed by atoms with Gasteiger partial charge in [0.1, 0.15) is 0 Å². The molecule has 6 nitrogen and oxygen atoms in total. The highest BCUT2D eigenvalue weighted by Gasteiger charge is 2.12. The molecule has 2 aromatic carbocycles. The summed E-state index contributed by atoms with van der Waals surface area (Å²) in [4.78, 5) is 14.4. The largest absolute Gasteiger partial charge is 0.320 e. The number of hydrogen-bond acceptors (Lipinski definition) is 4. The van der Waals surface area contributed by atoms with Crippen molar-refractivity contribution in [1.82, 2.24) is 19.9 Å². The standard InChI is InChI=1S/C17H19N5O/c1-21(2)10-11-22-12-16(19-20-22)17(23)18-15-9-5-7-13-6-3-4-8-14(13)15/h3-9,12H,10-11H2,1-2H3,(H,18,23). The zero-order chi connectivity index (χ0) is 16.2. The van der Waals surface area contributed by atoms with E-state index in [4.69, 9.17) is 0 Å².